The van der Waals surface area contributed by atoms with Gasteiger partial charge in [-0.25, -0.2) is 0 Å². The Kier molecular flexibility index (Phi) is 5.26. The molecule has 0 aromatic carbocycles. The highest BCUT2D eigenvalue weighted by Crippen LogP contribution is 2.33. The summed E-state index contributed by atoms with van der Waals surface area (Å²) in [4.78, 5) is 10.8. The van der Waals surface area contributed by atoms with Gasteiger partial charge in [0.15, 0.2) is 0 Å². The van der Waals surface area contributed by atoms with Crippen molar-refractivity contribution in [1.29, 1.82) is 0 Å². The van der Waals surface area contributed by atoms with Gasteiger partial charge in [0.05, 0.1) is 5.41 Å². The van der Waals surface area contributed by atoms with E-state index in [0.29, 0.717) is 13.0 Å². The van der Waals surface area contributed by atoms with Crippen molar-refractivity contribution >= 4 is 5.97 Å². The van der Waals surface area contributed by atoms with Gasteiger partial charge < -0.3 is 9.84 Å². The van der Waals surface area contributed by atoms with E-state index in [1.807, 2.05) is 0 Å². The molecule has 0 aliphatic heterocycles. The van der Waals surface area contributed by atoms with Crippen LogP contribution in [0.1, 0.15) is 52.4 Å². The van der Waals surface area contributed by atoms with Crippen molar-refractivity contribution in [3.05, 3.63) is 0 Å². The maximum absolute atomic E-state index is 10.8. The van der Waals surface area contributed by atoms with E-state index in [9.17, 15) is 4.79 Å². The van der Waals surface area contributed by atoms with Crippen LogP contribution >= 0.6 is 0 Å². The van der Waals surface area contributed by atoms with Crippen LogP contribution in [-0.4, -0.2) is 24.3 Å². The zero-order valence-electron chi connectivity index (χ0n) is 10.5. The van der Waals surface area contributed by atoms with Crippen molar-refractivity contribution in [1.82, 2.24) is 0 Å². The second kappa shape index (κ2) is 6.24. The quantitative estimate of drug-likeness (QED) is 0.617. The fourth-order valence-electron chi connectivity index (χ4n) is 1.71. The lowest BCUT2D eigenvalue weighted by atomic mass is 9.88. The summed E-state index contributed by atoms with van der Waals surface area (Å²) in [6.45, 7) is 5.07. The normalized spacial score (nSPS) is 16.4. The Morgan fingerprint density at radius 2 is 1.94 bits per heavy atom. The highest BCUT2D eigenvalue weighted by atomic mass is 16.5. The summed E-state index contributed by atoms with van der Waals surface area (Å²) in [6, 6.07) is 0. The molecular formula is C13H24O3. The maximum Gasteiger partial charge on any atom is 0.309 e. The molecular weight excluding hydrogens is 204 g/mol. The number of carboxylic acids is 1. The second-order valence-corrected chi connectivity index (χ2v) is 5.49. The Bertz CT molecular complexity index is 219. The van der Waals surface area contributed by atoms with Crippen molar-refractivity contribution in [2.24, 2.45) is 11.3 Å². The first-order chi connectivity index (χ1) is 7.52. The van der Waals surface area contributed by atoms with Crippen LogP contribution in [0.3, 0.4) is 0 Å². The molecule has 0 heterocycles. The van der Waals surface area contributed by atoms with Crippen LogP contribution in [0.2, 0.25) is 0 Å². The average molecular weight is 228 g/mol. The predicted molar refractivity (Wildman–Crippen MR) is 63.4 cm³/mol. The topological polar surface area (TPSA) is 46.5 Å². The third kappa shape index (κ3) is 5.50. The highest BCUT2D eigenvalue weighted by molar-refractivity contribution is 5.73. The Hall–Kier alpha value is -0.570. The van der Waals surface area contributed by atoms with Gasteiger partial charge in [-0.15, -0.1) is 0 Å². The molecule has 0 aromatic rings. The summed E-state index contributed by atoms with van der Waals surface area (Å²) in [7, 11) is 0. The minimum absolute atomic E-state index is 0.614. The summed E-state index contributed by atoms with van der Waals surface area (Å²) < 4.78 is 5.49. The van der Waals surface area contributed by atoms with Gasteiger partial charge in [0.25, 0.3) is 0 Å². The summed E-state index contributed by atoms with van der Waals surface area (Å²) in [5.74, 6) is 0.260. The first-order valence-corrected chi connectivity index (χ1v) is 6.33. The molecule has 1 saturated carbocycles. The van der Waals surface area contributed by atoms with E-state index in [4.69, 9.17) is 9.84 Å². The molecule has 3 heteroatoms. The van der Waals surface area contributed by atoms with Crippen molar-refractivity contribution < 1.29 is 14.6 Å². The first kappa shape index (κ1) is 13.5. The predicted octanol–water partition coefficient (Wildman–Crippen LogP) is 3.08. The minimum Gasteiger partial charge on any atom is -0.481 e. The molecule has 0 amide bonds. The third-order valence-electron chi connectivity index (χ3n) is 3.27. The summed E-state index contributed by atoms with van der Waals surface area (Å²) in [5.41, 5.74) is -0.614. The Morgan fingerprint density at radius 1 is 1.31 bits per heavy atom. The van der Waals surface area contributed by atoms with Crippen molar-refractivity contribution in [2.75, 3.05) is 13.2 Å². The van der Waals surface area contributed by atoms with Crippen molar-refractivity contribution in [2.45, 2.75) is 52.4 Å². The zero-order chi connectivity index (χ0) is 12.0. The number of carboxylic acid groups (broad SMARTS) is 1. The molecule has 1 fully saturated rings. The van der Waals surface area contributed by atoms with Crippen LogP contribution in [0.5, 0.6) is 0 Å². The van der Waals surface area contributed by atoms with Gasteiger partial charge in [0.2, 0.25) is 0 Å². The molecule has 0 radical (unpaired) electrons. The van der Waals surface area contributed by atoms with Gasteiger partial charge in [0, 0.05) is 13.2 Å². The molecule has 1 aliphatic rings. The Balaban J connectivity index is 1.88. The lowest BCUT2D eigenvalue weighted by molar-refractivity contribution is -0.147. The molecule has 0 atom stereocenters. The van der Waals surface area contributed by atoms with Gasteiger partial charge in [-0.3, -0.25) is 4.79 Å². The minimum atomic E-state index is -0.721. The fourth-order valence-corrected chi connectivity index (χ4v) is 1.71. The highest BCUT2D eigenvalue weighted by Gasteiger charge is 2.26. The summed E-state index contributed by atoms with van der Waals surface area (Å²) in [6.07, 6.45) is 6.81. The van der Waals surface area contributed by atoms with E-state index in [2.05, 4.69) is 0 Å². The Morgan fingerprint density at radius 3 is 2.50 bits per heavy atom. The molecule has 0 aromatic heterocycles. The molecule has 1 aliphatic carbocycles. The standard InChI is InChI=1S/C13H24O3/c1-13(2,12(14)15)8-4-10-16-9-3-5-11-6-7-11/h11H,3-10H2,1-2H3,(H,14,15). The maximum atomic E-state index is 10.8. The molecule has 0 unspecified atom stereocenters. The largest absolute Gasteiger partial charge is 0.481 e. The zero-order valence-corrected chi connectivity index (χ0v) is 10.5. The smallest absolute Gasteiger partial charge is 0.309 e. The van der Waals surface area contributed by atoms with Gasteiger partial charge in [-0.05, 0) is 45.4 Å². The van der Waals surface area contributed by atoms with Gasteiger partial charge in [-0.2, -0.15) is 0 Å². The molecule has 0 saturated heterocycles. The summed E-state index contributed by atoms with van der Waals surface area (Å²) >= 11 is 0. The van der Waals surface area contributed by atoms with Crippen LogP contribution in [0.15, 0.2) is 0 Å². The van der Waals surface area contributed by atoms with Crippen molar-refractivity contribution in [3.63, 3.8) is 0 Å². The van der Waals surface area contributed by atoms with E-state index >= 15 is 0 Å². The van der Waals surface area contributed by atoms with E-state index in [-0.39, 0.29) is 0 Å². The number of ether oxygens (including phenoxy) is 1. The van der Waals surface area contributed by atoms with Gasteiger partial charge in [-0.1, -0.05) is 12.8 Å². The second-order valence-electron chi connectivity index (χ2n) is 5.49. The molecule has 0 spiro atoms. The SMILES string of the molecule is CC(C)(CCCOCCCC1CC1)C(=O)O. The number of aliphatic carboxylic acids is 1. The number of carbonyl (C=O) groups is 1. The molecule has 16 heavy (non-hydrogen) atoms. The van der Waals surface area contributed by atoms with Gasteiger partial charge in [0.1, 0.15) is 0 Å². The monoisotopic (exact) mass is 228 g/mol. The third-order valence-corrected chi connectivity index (χ3v) is 3.27. The number of hydrogen-bond donors (Lipinski definition) is 1. The van der Waals surface area contributed by atoms with Crippen LogP contribution in [0, 0.1) is 11.3 Å². The van der Waals surface area contributed by atoms with Crippen molar-refractivity contribution in [3.8, 4) is 0 Å². The number of rotatable bonds is 9. The van der Waals surface area contributed by atoms with E-state index in [0.717, 1.165) is 25.4 Å². The Labute approximate surface area is 98.2 Å². The fraction of sp³-hybridized carbons (Fsp3) is 0.923. The lowest BCUT2D eigenvalue weighted by Crippen LogP contribution is -2.23. The van der Waals surface area contributed by atoms with Crippen LogP contribution in [0.4, 0.5) is 0 Å². The van der Waals surface area contributed by atoms with Gasteiger partial charge >= 0.3 is 5.97 Å². The number of hydrogen-bond acceptors (Lipinski definition) is 2. The molecule has 3 nitrogen and oxygen atoms in total. The molecule has 0 bridgehead atoms. The molecule has 1 N–H and O–H groups in total. The van der Waals surface area contributed by atoms with Crippen LogP contribution < -0.4 is 0 Å². The lowest BCUT2D eigenvalue weighted by Gasteiger charge is -2.18. The molecule has 1 rings (SSSR count). The summed E-state index contributed by atoms with van der Waals surface area (Å²) in [5, 5.41) is 8.91. The van der Waals surface area contributed by atoms with E-state index in [1.54, 1.807) is 13.8 Å². The van der Waals surface area contributed by atoms with E-state index < -0.39 is 11.4 Å². The van der Waals surface area contributed by atoms with E-state index in [1.165, 1.54) is 19.3 Å². The van der Waals surface area contributed by atoms with Crippen LogP contribution in [-0.2, 0) is 9.53 Å². The molecule has 94 valence electrons. The average Bonchev–Trinajstić information content (AvgIpc) is 2.99. The van der Waals surface area contributed by atoms with Crippen LogP contribution in [0.25, 0.3) is 0 Å². The first-order valence-electron chi connectivity index (χ1n) is 6.33.